The highest BCUT2D eigenvalue weighted by Crippen LogP contribution is 2.27. The average Bonchev–Trinajstić information content (AvgIpc) is 2.82. The predicted molar refractivity (Wildman–Crippen MR) is 73.6 cm³/mol. The monoisotopic (exact) mass is 279 g/mol. The lowest BCUT2D eigenvalue weighted by molar-refractivity contribution is 0.594. The summed E-state index contributed by atoms with van der Waals surface area (Å²) in [6, 6.07) is 6.22. The van der Waals surface area contributed by atoms with Crippen LogP contribution < -0.4 is 5.73 Å². The number of anilines is 1. The van der Waals surface area contributed by atoms with Crippen LogP contribution in [0.3, 0.4) is 0 Å². The summed E-state index contributed by atoms with van der Waals surface area (Å²) >= 11 is 0. The minimum Gasteiger partial charge on any atom is -0.399 e. The minimum atomic E-state index is -3.55. The molecule has 1 aromatic heterocycles. The SMILES string of the molecule is CCc1n[nH]c(CC)c1S(=O)(=O)c1ccc(N)cc1. The van der Waals surface area contributed by atoms with Crippen molar-refractivity contribution in [2.75, 3.05) is 5.73 Å². The topological polar surface area (TPSA) is 88.8 Å². The van der Waals surface area contributed by atoms with E-state index in [1.807, 2.05) is 13.8 Å². The third kappa shape index (κ3) is 2.35. The molecule has 0 aliphatic rings. The van der Waals surface area contributed by atoms with Gasteiger partial charge in [0.25, 0.3) is 0 Å². The van der Waals surface area contributed by atoms with Gasteiger partial charge in [0.15, 0.2) is 0 Å². The number of nitrogens with zero attached hydrogens (tertiary/aromatic N) is 1. The fourth-order valence-electron chi connectivity index (χ4n) is 1.97. The molecule has 19 heavy (non-hydrogen) atoms. The van der Waals surface area contributed by atoms with Crippen LogP contribution in [-0.2, 0) is 22.7 Å². The van der Waals surface area contributed by atoms with Gasteiger partial charge in [-0.2, -0.15) is 5.10 Å². The highest BCUT2D eigenvalue weighted by atomic mass is 32.2. The van der Waals surface area contributed by atoms with E-state index < -0.39 is 9.84 Å². The third-order valence-electron chi connectivity index (χ3n) is 3.01. The first-order chi connectivity index (χ1) is 9.00. The lowest BCUT2D eigenvalue weighted by Gasteiger charge is -2.06. The maximum atomic E-state index is 12.7. The van der Waals surface area contributed by atoms with Gasteiger partial charge < -0.3 is 5.73 Å². The highest BCUT2D eigenvalue weighted by molar-refractivity contribution is 7.91. The van der Waals surface area contributed by atoms with Gasteiger partial charge in [0.05, 0.1) is 16.3 Å². The Balaban J connectivity index is 2.62. The number of nitrogens with one attached hydrogen (secondary N) is 1. The van der Waals surface area contributed by atoms with Crippen molar-refractivity contribution in [3.8, 4) is 0 Å². The number of benzene rings is 1. The number of aromatic nitrogens is 2. The van der Waals surface area contributed by atoms with E-state index in [-0.39, 0.29) is 4.90 Å². The van der Waals surface area contributed by atoms with E-state index in [4.69, 9.17) is 5.73 Å². The van der Waals surface area contributed by atoms with Gasteiger partial charge in [-0.05, 0) is 37.1 Å². The molecule has 1 aromatic carbocycles. The molecule has 5 nitrogen and oxygen atoms in total. The highest BCUT2D eigenvalue weighted by Gasteiger charge is 2.26. The summed E-state index contributed by atoms with van der Waals surface area (Å²) in [4.78, 5) is 0.551. The second-order valence-electron chi connectivity index (χ2n) is 4.26. The van der Waals surface area contributed by atoms with Gasteiger partial charge in [-0.15, -0.1) is 0 Å². The van der Waals surface area contributed by atoms with Gasteiger partial charge in [-0.25, -0.2) is 8.42 Å². The molecule has 0 aliphatic heterocycles. The summed E-state index contributed by atoms with van der Waals surface area (Å²) in [5, 5.41) is 6.89. The van der Waals surface area contributed by atoms with E-state index in [1.54, 1.807) is 12.1 Å². The molecule has 0 spiro atoms. The largest absolute Gasteiger partial charge is 0.399 e. The minimum absolute atomic E-state index is 0.243. The molecule has 6 heteroatoms. The summed E-state index contributed by atoms with van der Waals surface area (Å²) in [5.41, 5.74) is 7.35. The summed E-state index contributed by atoms with van der Waals surface area (Å²) < 4.78 is 25.3. The molecule has 2 aromatic rings. The molecule has 102 valence electrons. The number of hydrogen-bond donors (Lipinski definition) is 2. The van der Waals surface area contributed by atoms with Gasteiger partial charge in [-0.3, -0.25) is 5.10 Å². The van der Waals surface area contributed by atoms with Gasteiger partial charge in [0.1, 0.15) is 4.90 Å². The van der Waals surface area contributed by atoms with E-state index >= 15 is 0 Å². The first-order valence-electron chi connectivity index (χ1n) is 6.17. The van der Waals surface area contributed by atoms with Crippen molar-refractivity contribution in [3.05, 3.63) is 35.7 Å². The number of rotatable bonds is 4. The zero-order chi connectivity index (χ0) is 14.0. The van der Waals surface area contributed by atoms with Crippen molar-refractivity contribution in [3.63, 3.8) is 0 Å². The van der Waals surface area contributed by atoms with Crippen molar-refractivity contribution in [2.45, 2.75) is 36.5 Å². The summed E-state index contributed by atoms with van der Waals surface area (Å²) in [5.74, 6) is 0. The molecular formula is C13H17N3O2S. The van der Waals surface area contributed by atoms with Crippen LogP contribution in [0.25, 0.3) is 0 Å². The van der Waals surface area contributed by atoms with E-state index in [9.17, 15) is 8.42 Å². The molecule has 0 fully saturated rings. The van der Waals surface area contributed by atoms with Crippen LogP contribution in [0.1, 0.15) is 25.2 Å². The Morgan fingerprint density at radius 1 is 1.16 bits per heavy atom. The van der Waals surface area contributed by atoms with E-state index in [1.165, 1.54) is 12.1 Å². The summed E-state index contributed by atoms with van der Waals surface area (Å²) in [6.45, 7) is 3.78. The Kier molecular flexibility index (Phi) is 3.61. The lowest BCUT2D eigenvalue weighted by Crippen LogP contribution is -2.06. The first-order valence-corrected chi connectivity index (χ1v) is 7.65. The number of sulfone groups is 1. The van der Waals surface area contributed by atoms with E-state index in [0.29, 0.717) is 34.8 Å². The number of nitrogen functional groups attached to an aromatic ring is 1. The molecule has 0 amide bonds. The Bertz CT molecular complexity index is 651. The summed E-state index contributed by atoms with van der Waals surface area (Å²) in [7, 11) is -3.55. The average molecular weight is 279 g/mol. The number of aromatic amines is 1. The van der Waals surface area contributed by atoms with Crippen LogP contribution in [0.5, 0.6) is 0 Å². The molecule has 1 heterocycles. The number of nitrogens with two attached hydrogens (primary N) is 1. The van der Waals surface area contributed by atoms with E-state index in [2.05, 4.69) is 10.2 Å². The van der Waals surface area contributed by atoms with Gasteiger partial charge >= 0.3 is 0 Å². The Hall–Kier alpha value is -1.82. The van der Waals surface area contributed by atoms with Crippen molar-refractivity contribution in [2.24, 2.45) is 0 Å². The van der Waals surface area contributed by atoms with Crippen molar-refractivity contribution < 1.29 is 8.42 Å². The van der Waals surface area contributed by atoms with Crippen LogP contribution in [0.2, 0.25) is 0 Å². The van der Waals surface area contributed by atoms with Crippen LogP contribution in [0.15, 0.2) is 34.1 Å². The van der Waals surface area contributed by atoms with Crippen molar-refractivity contribution >= 4 is 15.5 Å². The molecular weight excluding hydrogens is 262 g/mol. The Morgan fingerprint density at radius 3 is 2.32 bits per heavy atom. The molecule has 0 atom stereocenters. The van der Waals surface area contributed by atoms with Crippen molar-refractivity contribution in [1.82, 2.24) is 10.2 Å². The molecule has 0 saturated heterocycles. The smallest absolute Gasteiger partial charge is 0.210 e. The normalized spacial score (nSPS) is 11.7. The lowest BCUT2D eigenvalue weighted by atomic mass is 10.2. The first kappa shape index (κ1) is 13.6. The summed E-state index contributed by atoms with van der Waals surface area (Å²) in [6.07, 6.45) is 1.16. The second-order valence-corrected chi connectivity index (χ2v) is 6.14. The molecule has 2 rings (SSSR count). The molecule has 0 saturated carbocycles. The predicted octanol–water partition coefficient (Wildman–Crippen LogP) is 1.95. The fourth-order valence-corrected chi connectivity index (χ4v) is 3.72. The van der Waals surface area contributed by atoms with Gasteiger partial charge in [-0.1, -0.05) is 13.8 Å². The standard InChI is InChI=1S/C13H17N3O2S/c1-3-11-13(12(4-2)16-15-11)19(17,18)10-7-5-9(14)6-8-10/h5-8H,3-4,14H2,1-2H3,(H,15,16). The zero-order valence-corrected chi connectivity index (χ0v) is 11.8. The molecule has 3 N–H and O–H groups in total. The van der Waals surface area contributed by atoms with Crippen molar-refractivity contribution in [1.29, 1.82) is 0 Å². The molecule has 0 aliphatic carbocycles. The number of aryl methyl sites for hydroxylation is 2. The third-order valence-corrected chi connectivity index (χ3v) is 4.92. The Morgan fingerprint density at radius 2 is 1.79 bits per heavy atom. The van der Waals surface area contributed by atoms with Crippen LogP contribution in [0, 0.1) is 0 Å². The molecule has 0 unspecified atom stereocenters. The quantitative estimate of drug-likeness (QED) is 0.837. The van der Waals surface area contributed by atoms with Gasteiger partial charge in [0.2, 0.25) is 9.84 Å². The van der Waals surface area contributed by atoms with Crippen LogP contribution >= 0.6 is 0 Å². The van der Waals surface area contributed by atoms with Gasteiger partial charge in [0, 0.05) is 5.69 Å². The number of hydrogen-bond acceptors (Lipinski definition) is 4. The number of H-pyrrole nitrogens is 1. The van der Waals surface area contributed by atoms with E-state index in [0.717, 1.165) is 0 Å². The Labute approximate surface area is 112 Å². The van der Waals surface area contributed by atoms with Crippen LogP contribution in [0.4, 0.5) is 5.69 Å². The zero-order valence-electron chi connectivity index (χ0n) is 11.0. The maximum absolute atomic E-state index is 12.7. The fraction of sp³-hybridized carbons (Fsp3) is 0.308. The maximum Gasteiger partial charge on any atom is 0.210 e. The molecule has 0 bridgehead atoms. The molecule has 0 radical (unpaired) electrons. The second kappa shape index (κ2) is 5.05. The van der Waals surface area contributed by atoms with Crippen LogP contribution in [-0.4, -0.2) is 18.6 Å².